The van der Waals surface area contributed by atoms with Crippen LogP contribution in [0, 0.1) is 6.92 Å². The lowest BCUT2D eigenvalue weighted by Crippen LogP contribution is -2.36. The van der Waals surface area contributed by atoms with E-state index in [1.165, 1.54) is 18.2 Å². The van der Waals surface area contributed by atoms with E-state index >= 15 is 0 Å². The molecule has 0 spiro atoms. The second-order valence-corrected chi connectivity index (χ2v) is 9.24. The van der Waals surface area contributed by atoms with Crippen LogP contribution in [0.15, 0.2) is 57.9 Å². The summed E-state index contributed by atoms with van der Waals surface area (Å²) in [5, 5.41) is 6.75. The van der Waals surface area contributed by atoms with Crippen molar-refractivity contribution in [2.24, 2.45) is 0 Å². The minimum Gasteiger partial charge on any atom is -0.378 e. The van der Waals surface area contributed by atoms with Gasteiger partial charge >= 0.3 is 0 Å². The molecular weight excluding hydrogens is 456 g/mol. The predicted octanol–water partition coefficient (Wildman–Crippen LogP) is 3.53. The zero-order valence-electron chi connectivity index (χ0n) is 17.2. The van der Waals surface area contributed by atoms with Gasteiger partial charge in [-0.2, -0.15) is 0 Å². The maximum atomic E-state index is 13.0. The van der Waals surface area contributed by atoms with Gasteiger partial charge < -0.3 is 19.5 Å². The minimum absolute atomic E-state index is 0.0258. The Bertz CT molecular complexity index is 1240. The highest BCUT2D eigenvalue weighted by Gasteiger charge is 2.23. The van der Waals surface area contributed by atoms with Crippen molar-refractivity contribution < 1.29 is 22.5 Å². The van der Waals surface area contributed by atoms with E-state index < -0.39 is 15.9 Å². The molecule has 0 radical (unpaired) electrons. The number of benzene rings is 2. The van der Waals surface area contributed by atoms with Crippen molar-refractivity contribution in [1.82, 2.24) is 5.16 Å². The summed E-state index contributed by atoms with van der Waals surface area (Å²) in [6.07, 6.45) is 0. The average molecular weight is 477 g/mol. The largest absolute Gasteiger partial charge is 0.378 e. The van der Waals surface area contributed by atoms with Gasteiger partial charge in [0.1, 0.15) is 0 Å². The molecule has 0 atom stereocenters. The fourth-order valence-electron chi connectivity index (χ4n) is 3.26. The molecule has 2 aromatic carbocycles. The van der Waals surface area contributed by atoms with Gasteiger partial charge in [0.25, 0.3) is 15.9 Å². The Morgan fingerprint density at radius 2 is 1.84 bits per heavy atom. The number of ether oxygens (including phenoxy) is 1. The number of nitrogens with zero attached hydrogens (tertiary/aromatic N) is 2. The number of amides is 1. The standard InChI is InChI=1S/C21H21ClN4O5S/c1-14-12-20(31-24-14)21(27)23-18-13-15(6-7-19(18)26-8-10-30-11-9-26)32(28,29)25-17-5-3-2-4-16(17)22/h2-7,12-13,25H,8-11H2,1H3,(H,23,27). The van der Waals surface area contributed by atoms with Crippen LogP contribution < -0.4 is 14.9 Å². The number of halogens is 1. The van der Waals surface area contributed by atoms with Gasteiger partial charge in [-0.3, -0.25) is 9.52 Å². The lowest BCUT2D eigenvalue weighted by atomic mass is 10.2. The van der Waals surface area contributed by atoms with Gasteiger partial charge in [-0.05, 0) is 37.3 Å². The maximum absolute atomic E-state index is 13.0. The molecule has 1 fully saturated rings. The van der Waals surface area contributed by atoms with Crippen LogP contribution in [0.4, 0.5) is 17.1 Å². The Kier molecular flexibility index (Phi) is 6.35. The summed E-state index contributed by atoms with van der Waals surface area (Å²) < 4.78 is 38.9. The number of sulfonamides is 1. The Labute approximate surface area is 190 Å². The van der Waals surface area contributed by atoms with Crippen molar-refractivity contribution in [1.29, 1.82) is 0 Å². The molecule has 1 aromatic heterocycles. The number of para-hydroxylation sites is 1. The number of aryl methyl sites for hydroxylation is 1. The molecule has 1 aliphatic rings. The smallest absolute Gasteiger partial charge is 0.294 e. The van der Waals surface area contributed by atoms with E-state index in [9.17, 15) is 13.2 Å². The molecule has 1 aliphatic heterocycles. The molecule has 1 amide bonds. The lowest BCUT2D eigenvalue weighted by molar-refractivity contribution is 0.0988. The number of anilines is 3. The van der Waals surface area contributed by atoms with Crippen molar-refractivity contribution >= 4 is 44.6 Å². The SMILES string of the molecule is Cc1cc(C(=O)Nc2cc(S(=O)(=O)Nc3ccccc3Cl)ccc2N2CCOCC2)on1. The number of hydrogen-bond donors (Lipinski definition) is 2. The highest BCUT2D eigenvalue weighted by molar-refractivity contribution is 7.92. The Hall–Kier alpha value is -3.08. The van der Waals surface area contributed by atoms with Gasteiger partial charge in [0.15, 0.2) is 0 Å². The Morgan fingerprint density at radius 3 is 2.53 bits per heavy atom. The number of hydrogen-bond acceptors (Lipinski definition) is 7. The quantitative estimate of drug-likeness (QED) is 0.559. The number of carbonyl (C=O) groups excluding carboxylic acids is 1. The summed E-state index contributed by atoms with van der Waals surface area (Å²) in [5.74, 6) is -0.508. The van der Waals surface area contributed by atoms with Crippen LogP contribution in [0.3, 0.4) is 0 Å². The molecule has 9 nitrogen and oxygen atoms in total. The molecule has 2 heterocycles. The molecule has 2 N–H and O–H groups in total. The molecule has 11 heteroatoms. The zero-order valence-corrected chi connectivity index (χ0v) is 18.7. The first kappa shape index (κ1) is 22.1. The van der Waals surface area contributed by atoms with E-state index in [-0.39, 0.29) is 21.4 Å². The van der Waals surface area contributed by atoms with Gasteiger partial charge in [0.2, 0.25) is 5.76 Å². The zero-order chi connectivity index (χ0) is 22.7. The molecular formula is C21H21ClN4O5S. The first-order chi connectivity index (χ1) is 15.3. The fourth-order valence-corrected chi connectivity index (χ4v) is 4.61. The van der Waals surface area contributed by atoms with Gasteiger partial charge in [0.05, 0.1) is 45.9 Å². The highest BCUT2D eigenvalue weighted by atomic mass is 35.5. The van der Waals surface area contributed by atoms with E-state index in [4.69, 9.17) is 20.9 Å². The van der Waals surface area contributed by atoms with Crippen molar-refractivity contribution in [2.45, 2.75) is 11.8 Å². The molecule has 1 saturated heterocycles. The first-order valence-corrected chi connectivity index (χ1v) is 11.7. The maximum Gasteiger partial charge on any atom is 0.294 e. The first-order valence-electron chi connectivity index (χ1n) is 9.82. The van der Waals surface area contributed by atoms with Crippen molar-refractivity contribution in [3.63, 3.8) is 0 Å². The van der Waals surface area contributed by atoms with Gasteiger partial charge in [-0.15, -0.1) is 0 Å². The molecule has 0 saturated carbocycles. The van der Waals surface area contributed by atoms with E-state index in [2.05, 4.69) is 15.2 Å². The number of morpholine rings is 1. The molecule has 3 aromatic rings. The molecule has 4 rings (SSSR count). The summed E-state index contributed by atoms with van der Waals surface area (Å²) >= 11 is 6.10. The van der Waals surface area contributed by atoms with Crippen LogP contribution in [0.25, 0.3) is 0 Å². The lowest BCUT2D eigenvalue weighted by Gasteiger charge is -2.30. The summed E-state index contributed by atoms with van der Waals surface area (Å²) in [7, 11) is -3.97. The van der Waals surface area contributed by atoms with Crippen LogP contribution in [-0.4, -0.2) is 45.8 Å². The van der Waals surface area contributed by atoms with E-state index in [1.54, 1.807) is 37.3 Å². The van der Waals surface area contributed by atoms with Crippen LogP contribution in [-0.2, 0) is 14.8 Å². The molecule has 0 aliphatic carbocycles. The van der Waals surface area contributed by atoms with E-state index in [0.717, 1.165) is 0 Å². The normalized spacial score (nSPS) is 14.2. The summed E-state index contributed by atoms with van der Waals surface area (Å²) in [6.45, 7) is 3.97. The third-order valence-corrected chi connectivity index (χ3v) is 6.54. The third kappa shape index (κ3) is 4.87. The molecule has 168 valence electrons. The van der Waals surface area contributed by atoms with Crippen LogP contribution in [0.5, 0.6) is 0 Å². The van der Waals surface area contributed by atoms with E-state index in [1.807, 2.05) is 4.90 Å². The molecule has 0 bridgehead atoms. The number of aromatic nitrogens is 1. The van der Waals surface area contributed by atoms with Crippen molar-refractivity contribution in [3.8, 4) is 0 Å². The summed E-state index contributed by atoms with van der Waals surface area (Å²) in [4.78, 5) is 14.7. The number of rotatable bonds is 6. The average Bonchev–Trinajstić information content (AvgIpc) is 3.22. The number of nitrogens with one attached hydrogen (secondary N) is 2. The second kappa shape index (κ2) is 9.19. The Morgan fingerprint density at radius 1 is 1.09 bits per heavy atom. The second-order valence-electron chi connectivity index (χ2n) is 7.15. The van der Waals surface area contributed by atoms with Crippen molar-refractivity contribution in [2.75, 3.05) is 41.2 Å². The van der Waals surface area contributed by atoms with Crippen molar-refractivity contribution in [3.05, 3.63) is 65.0 Å². The molecule has 0 unspecified atom stereocenters. The monoisotopic (exact) mass is 476 g/mol. The Balaban J connectivity index is 1.69. The minimum atomic E-state index is -3.97. The van der Waals surface area contributed by atoms with Crippen LogP contribution in [0.1, 0.15) is 16.2 Å². The summed E-state index contributed by atoms with van der Waals surface area (Å²) in [6, 6.07) is 12.6. The van der Waals surface area contributed by atoms with Crippen LogP contribution in [0.2, 0.25) is 5.02 Å². The number of carbonyl (C=O) groups is 1. The highest BCUT2D eigenvalue weighted by Crippen LogP contribution is 2.32. The predicted molar refractivity (Wildman–Crippen MR) is 121 cm³/mol. The molecule has 32 heavy (non-hydrogen) atoms. The van der Waals surface area contributed by atoms with Crippen LogP contribution >= 0.6 is 11.6 Å². The fraction of sp³-hybridized carbons (Fsp3) is 0.238. The summed E-state index contributed by atoms with van der Waals surface area (Å²) in [5.41, 5.74) is 1.82. The van der Waals surface area contributed by atoms with Gasteiger partial charge in [0, 0.05) is 19.2 Å². The topological polar surface area (TPSA) is 114 Å². The van der Waals surface area contributed by atoms with Gasteiger partial charge in [-0.1, -0.05) is 28.9 Å². The van der Waals surface area contributed by atoms with Gasteiger partial charge in [-0.25, -0.2) is 8.42 Å². The van der Waals surface area contributed by atoms with E-state index in [0.29, 0.717) is 43.4 Å². The third-order valence-electron chi connectivity index (χ3n) is 4.85.